The van der Waals surface area contributed by atoms with E-state index in [2.05, 4.69) is 0 Å². The quantitative estimate of drug-likeness (QED) is 0.529. The van der Waals surface area contributed by atoms with Gasteiger partial charge < -0.3 is 14.2 Å². The van der Waals surface area contributed by atoms with E-state index in [1.54, 1.807) is 25.1 Å². The van der Waals surface area contributed by atoms with Gasteiger partial charge in [-0.2, -0.15) is 0 Å². The maximum Gasteiger partial charge on any atom is 0.338 e. The molecule has 0 radical (unpaired) electrons. The Morgan fingerprint density at radius 3 is 2.38 bits per heavy atom. The smallest absolute Gasteiger partial charge is 0.338 e. The molecule has 0 spiro atoms. The van der Waals surface area contributed by atoms with E-state index in [1.165, 1.54) is 0 Å². The Balaban J connectivity index is 1.68. The van der Waals surface area contributed by atoms with Gasteiger partial charge in [0.2, 0.25) is 5.78 Å². The van der Waals surface area contributed by atoms with Crippen LogP contribution in [0.2, 0.25) is 0 Å². The number of hydrogen-bond donors (Lipinski definition) is 0. The van der Waals surface area contributed by atoms with Gasteiger partial charge in [0.25, 0.3) is 0 Å². The van der Waals surface area contributed by atoms with Crippen molar-refractivity contribution in [1.82, 2.24) is 4.57 Å². The Labute approximate surface area is 171 Å². The Morgan fingerprint density at radius 1 is 1.17 bits per heavy atom. The lowest BCUT2D eigenvalue weighted by atomic mass is 10.1. The molecule has 1 aliphatic heterocycles. The predicted octanol–water partition coefficient (Wildman–Crippen LogP) is 2.57. The van der Waals surface area contributed by atoms with Crippen molar-refractivity contribution in [3.05, 3.63) is 52.8 Å². The van der Waals surface area contributed by atoms with Gasteiger partial charge in [-0.15, -0.1) is 0 Å². The van der Waals surface area contributed by atoms with E-state index in [-0.39, 0.29) is 29.9 Å². The molecule has 2 aromatic rings. The molecule has 0 N–H and O–H groups in total. The second-order valence-corrected chi connectivity index (χ2v) is 9.88. The average Bonchev–Trinajstić information content (AvgIpc) is 3.17. The van der Waals surface area contributed by atoms with Gasteiger partial charge in [0.15, 0.2) is 16.4 Å². The number of sulfone groups is 1. The van der Waals surface area contributed by atoms with Crippen molar-refractivity contribution in [2.45, 2.75) is 26.3 Å². The zero-order chi connectivity index (χ0) is 21.3. The van der Waals surface area contributed by atoms with E-state index >= 15 is 0 Å². The summed E-state index contributed by atoms with van der Waals surface area (Å²) in [7, 11) is 0.785. The number of Topliss-reactive ketones (excluding diaryl/α,β-unsaturated/α-hetero) is 1. The summed E-state index contributed by atoms with van der Waals surface area (Å²) in [6.07, 6.45) is 0.546. The highest BCUT2D eigenvalue weighted by Crippen LogP contribution is 2.29. The van der Waals surface area contributed by atoms with Crippen LogP contribution in [0.3, 0.4) is 0 Å². The minimum atomic E-state index is -3.03. The molecule has 156 valence electrons. The predicted molar refractivity (Wildman–Crippen MR) is 112 cm³/mol. The van der Waals surface area contributed by atoms with Crippen LogP contribution in [0.15, 0.2) is 30.3 Å². The normalized spacial score (nSPS) is 17.9. The molecule has 1 fully saturated rings. The number of carbonyl (C=O) groups excluding carboxylic acids is 2. The Morgan fingerprint density at radius 2 is 1.83 bits per heavy atom. The number of aromatic nitrogens is 1. The van der Waals surface area contributed by atoms with Gasteiger partial charge in [-0.05, 0) is 50.6 Å². The number of nitrogens with zero attached hydrogens (tertiary/aromatic N) is 2. The van der Waals surface area contributed by atoms with Crippen molar-refractivity contribution in [2.75, 3.05) is 37.1 Å². The number of esters is 1. The molecule has 2 heterocycles. The van der Waals surface area contributed by atoms with Gasteiger partial charge in [0, 0.05) is 42.8 Å². The number of benzene rings is 1. The van der Waals surface area contributed by atoms with Gasteiger partial charge in [0.1, 0.15) is 0 Å². The summed E-state index contributed by atoms with van der Waals surface area (Å²) in [5, 5.41) is 0. The number of ether oxygens (including phenoxy) is 1. The van der Waals surface area contributed by atoms with Gasteiger partial charge in [-0.1, -0.05) is 0 Å². The highest BCUT2D eigenvalue weighted by Gasteiger charge is 2.31. The third kappa shape index (κ3) is 4.53. The van der Waals surface area contributed by atoms with Crippen LogP contribution in [0.25, 0.3) is 0 Å². The van der Waals surface area contributed by atoms with Crippen molar-refractivity contribution in [3.8, 4) is 0 Å². The Bertz CT molecular complexity index is 1040. The van der Waals surface area contributed by atoms with Crippen LogP contribution in [0.4, 0.5) is 5.69 Å². The molecular weight excluding hydrogens is 392 g/mol. The molecule has 8 heteroatoms. The molecule has 1 aliphatic rings. The Hall–Kier alpha value is -2.61. The fourth-order valence-corrected chi connectivity index (χ4v) is 5.49. The van der Waals surface area contributed by atoms with Crippen LogP contribution in [0, 0.1) is 13.8 Å². The fourth-order valence-electron chi connectivity index (χ4n) is 3.79. The molecule has 29 heavy (non-hydrogen) atoms. The summed E-state index contributed by atoms with van der Waals surface area (Å²) >= 11 is 0. The van der Waals surface area contributed by atoms with Crippen molar-refractivity contribution in [1.29, 1.82) is 0 Å². The maximum atomic E-state index is 12.6. The van der Waals surface area contributed by atoms with Gasteiger partial charge in [-0.25, -0.2) is 13.2 Å². The molecule has 7 nitrogen and oxygen atoms in total. The number of anilines is 1. The number of rotatable bonds is 6. The van der Waals surface area contributed by atoms with Gasteiger partial charge in [0.05, 0.1) is 17.1 Å². The van der Waals surface area contributed by atoms with E-state index in [4.69, 9.17) is 4.74 Å². The highest BCUT2D eigenvalue weighted by atomic mass is 32.2. The van der Waals surface area contributed by atoms with E-state index in [1.807, 2.05) is 42.6 Å². The molecule has 1 aromatic carbocycles. The highest BCUT2D eigenvalue weighted by molar-refractivity contribution is 7.91. The van der Waals surface area contributed by atoms with Crippen LogP contribution in [-0.2, 0) is 14.6 Å². The average molecular weight is 419 g/mol. The van der Waals surface area contributed by atoms with Crippen LogP contribution < -0.4 is 4.90 Å². The molecule has 1 saturated heterocycles. The first-order chi connectivity index (χ1) is 13.6. The summed E-state index contributed by atoms with van der Waals surface area (Å²) in [6, 6.07) is 8.52. The maximum absolute atomic E-state index is 12.6. The fraction of sp³-hybridized carbons (Fsp3) is 0.429. The standard InChI is InChI=1S/C21H26N2O5S/c1-14-11-19(15(2)23(14)18-9-10-29(26,27)13-18)20(24)12-28-21(25)16-5-7-17(8-6-16)22(3)4/h5-8,11,18H,9-10,12-13H2,1-4H3/t18-/m0/s1. The summed E-state index contributed by atoms with van der Waals surface area (Å²) in [5.74, 6) is -0.597. The third-order valence-electron chi connectivity index (χ3n) is 5.31. The minimum absolute atomic E-state index is 0.0922. The molecule has 0 amide bonds. The number of carbonyl (C=O) groups is 2. The van der Waals surface area contributed by atoms with Crippen molar-refractivity contribution in [3.63, 3.8) is 0 Å². The first-order valence-electron chi connectivity index (χ1n) is 9.45. The number of hydrogen-bond acceptors (Lipinski definition) is 6. The molecule has 0 aliphatic carbocycles. The lowest BCUT2D eigenvalue weighted by Crippen LogP contribution is -2.17. The summed E-state index contributed by atoms with van der Waals surface area (Å²) in [5.41, 5.74) is 3.34. The minimum Gasteiger partial charge on any atom is -0.454 e. The molecule has 0 bridgehead atoms. The second kappa shape index (κ2) is 8.02. The third-order valence-corrected chi connectivity index (χ3v) is 7.06. The number of ketones is 1. The summed E-state index contributed by atoms with van der Waals surface area (Å²) < 4.78 is 30.7. The molecule has 1 aromatic heterocycles. The molecule has 0 unspecified atom stereocenters. The number of aryl methyl sites for hydroxylation is 1. The van der Waals surface area contributed by atoms with E-state index in [0.29, 0.717) is 23.2 Å². The lowest BCUT2D eigenvalue weighted by molar-refractivity contribution is 0.0474. The van der Waals surface area contributed by atoms with Gasteiger partial charge >= 0.3 is 5.97 Å². The van der Waals surface area contributed by atoms with Crippen molar-refractivity contribution < 1.29 is 22.7 Å². The van der Waals surface area contributed by atoms with Gasteiger partial charge in [-0.3, -0.25) is 4.79 Å². The van der Waals surface area contributed by atoms with Crippen LogP contribution in [-0.4, -0.2) is 56.9 Å². The largest absolute Gasteiger partial charge is 0.454 e. The van der Waals surface area contributed by atoms with E-state index in [9.17, 15) is 18.0 Å². The first kappa shape index (κ1) is 21.1. The van der Waals surface area contributed by atoms with Crippen molar-refractivity contribution in [2.24, 2.45) is 0 Å². The van der Waals surface area contributed by atoms with Crippen LogP contribution in [0.5, 0.6) is 0 Å². The van der Waals surface area contributed by atoms with Crippen LogP contribution >= 0.6 is 0 Å². The van der Waals surface area contributed by atoms with Crippen LogP contribution in [0.1, 0.15) is 44.6 Å². The van der Waals surface area contributed by atoms with E-state index < -0.39 is 15.8 Å². The van der Waals surface area contributed by atoms with Crippen molar-refractivity contribution >= 4 is 27.3 Å². The molecule has 3 rings (SSSR count). The lowest BCUT2D eigenvalue weighted by Gasteiger charge is -2.16. The Kier molecular flexibility index (Phi) is 5.84. The molecule has 0 saturated carbocycles. The first-order valence-corrected chi connectivity index (χ1v) is 11.3. The second-order valence-electron chi connectivity index (χ2n) is 7.65. The zero-order valence-electron chi connectivity index (χ0n) is 17.1. The monoisotopic (exact) mass is 418 g/mol. The van der Waals surface area contributed by atoms with E-state index in [0.717, 1.165) is 11.4 Å². The summed E-state index contributed by atoms with van der Waals surface area (Å²) in [4.78, 5) is 26.8. The zero-order valence-corrected chi connectivity index (χ0v) is 18.0. The molecule has 1 atom stereocenters. The topological polar surface area (TPSA) is 85.7 Å². The SMILES string of the molecule is Cc1cc(C(=O)COC(=O)c2ccc(N(C)C)cc2)c(C)n1[C@H]1CCS(=O)(=O)C1. The summed E-state index contributed by atoms with van der Waals surface area (Å²) in [6.45, 7) is 3.29. The molecular formula is C21H26N2O5S.